The second-order valence-electron chi connectivity index (χ2n) is 1.92. The van der Waals surface area contributed by atoms with Crippen LogP contribution in [-0.4, -0.2) is 10.2 Å². The van der Waals surface area contributed by atoms with Gasteiger partial charge in [-0.15, -0.1) is 16.8 Å². The first-order valence-electron chi connectivity index (χ1n) is 2.92. The maximum Gasteiger partial charge on any atom is 0.138 e. The van der Waals surface area contributed by atoms with E-state index in [0.29, 0.717) is 0 Å². The van der Waals surface area contributed by atoms with Crippen molar-refractivity contribution in [3.05, 3.63) is 22.7 Å². The Morgan fingerprint density at radius 3 is 2.80 bits per heavy atom. The van der Waals surface area contributed by atoms with Crippen molar-refractivity contribution in [2.75, 3.05) is 0 Å². The largest absolute Gasteiger partial charge is 0.319 e. The summed E-state index contributed by atoms with van der Waals surface area (Å²) in [7, 11) is 0. The lowest BCUT2D eigenvalue weighted by Gasteiger charge is -1.96. The third kappa shape index (κ3) is 1.40. The SMILES string of the molecule is C=C[C@H](N)c1nnc(C)s1. The Labute approximate surface area is 63.6 Å². The highest BCUT2D eigenvalue weighted by molar-refractivity contribution is 7.11. The highest BCUT2D eigenvalue weighted by Crippen LogP contribution is 2.15. The van der Waals surface area contributed by atoms with E-state index in [4.69, 9.17) is 5.73 Å². The van der Waals surface area contributed by atoms with Crippen LogP contribution in [0.25, 0.3) is 0 Å². The summed E-state index contributed by atoms with van der Waals surface area (Å²) in [6.07, 6.45) is 1.65. The minimum Gasteiger partial charge on any atom is -0.319 e. The van der Waals surface area contributed by atoms with Gasteiger partial charge < -0.3 is 5.73 Å². The van der Waals surface area contributed by atoms with Gasteiger partial charge in [0.05, 0.1) is 6.04 Å². The first-order chi connectivity index (χ1) is 4.74. The van der Waals surface area contributed by atoms with Gasteiger partial charge in [-0.2, -0.15) is 0 Å². The molecular formula is C6H9N3S. The van der Waals surface area contributed by atoms with Gasteiger partial charge in [0.2, 0.25) is 0 Å². The highest BCUT2D eigenvalue weighted by Gasteiger charge is 2.05. The van der Waals surface area contributed by atoms with E-state index in [1.54, 1.807) is 6.08 Å². The fourth-order valence-corrected chi connectivity index (χ4v) is 1.25. The van der Waals surface area contributed by atoms with Crippen LogP contribution in [0.3, 0.4) is 0 Å². The van der Waals surface area contributed by atoms with Crippen molar-refractivity contribution in [3.63, 3.8) is 0 Å². The van der Waals surface area contributed by atoms with Crippen LogP contribution >= 0.6 is 11.3 Å². The first kappa shape index (κ1) is 7.37. The molecule has 0 aromatic carbocycles. The third-order valence-electron chi connectivity index (χ3n) is 1.08. The Morgan fingerprint density at radius 1 is 1.70 bits per heavy atom. The average molecular weight is 155 g/mol. The molecule has 0 fully saturated rings. The monoisotopic (exact) mass is 155 g/mol. The van der Waals surface area contributed by atoms with E-state index in [2.05, 4.69) is 16.8 Å². The van der Waals surface area contributed by atoms with Crippen LogP contribution < -0.4 is 5.73 Å². The number of hydrogen-bond donors (Lipinski definition) is 1. The fourth-order valence-electron chi connectivity index (χ4n) is 0.547. The van der Waals surface area contributed by atoms with Crippen LogP contribution in [0.4, 0.5) is 0 Å². The molecule has 10 heavy (non-hydrogen) atoms. The summed E-state index contributed by atoms with van der Waals surface area (Å²) < 4.78 is 0. The van der Waals surface area contributed by atoms with Crippen LogP contribution in [-0.2, 0) is 0 Å². The molecule has 0 aliphatic carbocycles. The summed E-state index contributed by atoms with van der Waals surface area (Å²) in [4.78, 5) is 0. The molecule has 1 aromatic rings. The summed E-state index contributed by atoms with van der Waals surface area (Å²) in [6.45, 7) is 5.46. The minimum absolute atomic E-state index is 0.161. The number of hydrogen-bond acceptors (Lipinski definition) is 4. The molecule has 1 atom stereocenters. The second-order valence-corrected chi connectivity index (χ2v) is 3.13. The van der Waals surface area contributed by atoms with E-state index in [9.17, 15) is 0 Å². The summed E-state index contributed by atoms with van der Waals surface area (Å²) in [5.74, 6) is 0. The summed E-state index contributed by atoms with van der Waals surface area (Å²) in [6, 6.07) is -0.161. The molecule has 0 aliphatic rings. The van der Waals surface area contributed by atoms with Gasteiger partial charge in [-0.1, -0.05) is 17.4 Å². The quantitative estimate of drug-likeness (QED) is 0.649. The molecule has 1 rings (SSSR count). The van der Waals surface area contributed by atoms with Crippen molar-refractivity contribution in [1.29, 1.82) is 0 Å². The first-order valence-corrected chi connectivity index (χ1v) is 3.74. The zero-order valence-electron chi connectivity index (χ0n) is 5.74. The normalized spacial score (nSPS) is 13.0. The third-order valence-corrected chi connectivity index (χ3v) is 2.02. The van der Waals surface area contributed by atoms with E-state index in [-0.39, 0.29) is 6.04 Å². The topological polar surface area (TPSA) is 51.8 Å². The van der Waals surface area contributed by atoms with Gasteiger partial charge in [-0.05, 0) is 6.92 Å². The van der Waals surface area contributed by atoms with Crippen LogP contribution in [0, 0.1) is 6.92 Å². The standard InChI is InChI=1S/C6H9N3S/c1-3-5(7)6-9-8-4(2)10-6/h3,5H,1,7H2,2H3/t5-/m0/s1. The number of nitrogens with two attached hydrogens (primary N) is 1. The van der Waals surface area contributed by atoms with Crippen molar-refractivity contribution < 1.29 is 0 Å². The number of nitrogens with zero attached hydrogens (tertiary/aromatic N) is 2. The summed E-state index contributed by atoms with van der Waals surface area (Å²) >= 11 is 1.50. The predicted octanol–water partition coefficient (Wildman–Crippen LogP) is 1.03. The van der Waals surface area contributed by atoms with Gasteiger partial charge in [0.25, 0.3) is 0 Å². The van der Waals surface area contributed by atoms with Crippen molar-refractivity contribution in [3.8, 4) is 0 Å². The Balaban J connectivity index is 2.84. The van der Waals surface area contributed by atoms with E-state index >= 15 is 0 Å². The lowest BCUT2D eigenvalue weighted by molar-refractivity contribution is 0.857. The number of rotatable bonds is 2. The van der Waals surface area contributed by atoms with Crippen molar-refractivity contribution >= 4 is 11.3 Å². The summed E-state index contributed by atoms with van der Waals surface area (Å²) in [5.41, 5.74) is 5.60. The molecule has 0 saturated heterocycles. The molecule has 1 heterocycles. The van der Waals surface area contributed by atoms with E-state index < -0.39 is 0 Å². The number of aryl methyl sites for hydroxylation is 1. The van der Waals surface area contributed by atoms with E-state index in [1.807, 2.05) is 6.92 Å². The molecular weight excluding hydrogens is 146 g/mol. The molecule has 2 N–H and O–H groups in total. The molecule has 4 heteroatoms. The fraction of sp³-hybridized carbons (Fsp3) is 0.333. The predicted molar refractivity (Wildman–Crippen MR) is 41.8 cm³/mol. The Morgan fingerprint density at radius 2 is 2.40 bits per heavy atom. The lowest BCUT2D eigenvalue weighted by Crippen LogP contribution is -2.05. The van der Waals surface area contributed by atoms with Crippen molar-refractivity contribution in [2.24, 2.45) is 5.73 Å². The summed E-state index contributed by atoms with van der Waals surface area (Å²) in [5, 5.41) is 9.45. The Kier molecular flexibility index (Phi) is 2.13. The van der Waals surface area contributed by atoms with Gasteiger partial charge >= 0.3 is 0 Å². The average Bonchev–Trinajstić information content (AvgIpc) is 2.34. The highest BCUT2D eigenvalue weighted by atomic mass is 32.1. The van der Waals surface area contributed by atoms with Gasteiger partial charge in [0.15, 0.2) is 0 Å². The second kappa shape index (κ2) is 2.90. The maximum absolute atomic E-state index is 5.60. The van der Waals surface area contributed by atoms with E-state index in [1.165, 1.54) is 11.3 Å². The van der Waals surface area contributed by atoms with Gasteiger partial charge in [0.1, 0.15) is 10.0 Å². The van der Waals surface area contributed by atoms with Crippen molar-refractivity contribution in [1.82, 2.24) is 10.2 Å². The molecule has 0 unspecified atom stereocenters. The minimum atomic E-state index is -0.161. The zero-order chi connectivity index (χ0) is 7.56. The van der Waals surface area contributed by atoms with Crippen LogP contribution in [0.5, 0.6) is 0 Å². The smallest absolute Gasteiger partial charge is 0.138 e. The molecule has 3 nitrogen and oxygen atoms in total. The Bertz CT molecular complexity index is 231. The molecule has 0 bridgehead atoms. The van der Waals surface area contributed by atoms with Crippen LogP contribution in [0.15, 0.2) is 12.7 Å². The lowest BCUT2D eigenvalue weighted by atomic mass is 10.3. The van der Waals surface area contributed by atoms with Crippen molar-refractivity contribution in [2.45, 2.75) is 13.0 Å². The molecule has 1 aromatic heterocycles. The molecule has 0 radical (unpaired) electrons. The molecule has 0 amide bonds. The van der Waals surface area contributed by atoms with Crippen LogP contribution in [0.1, 0.15) is 16.1 Å². The van der Waals surface area contributed by atoms with Gasteiger partial charge in [0, 0.05) is 0 Å². The zero-order valence-corrected chi connectivity index (χ0v) is 6.56. The Hall–Kier alpha value is -0.740. The number of aromatic nitrogens is 2. The molecule has 0 spiro atoms. The van der Waals surface area contributed by atoms with Crippen LogP contribution in [0.2, 0.25) is 0 Å². The molecule has 0 aliphatic heterocycles. The molecule has 0 saturated carbocycles. The van der Waals surface area contributed by atoms with Gasteiger partial charge in [-0.3, -0.25) is 0 Å². The maximum atomic E-state index is 5.60. The molecule has 54 valence electrons. The van der Waals surface area contributed by atoms with Gasteiger partial charge in [-0.25, -0.2) is 0 Å². The van der Waals surface area contributed by atoms with E-state index in [0.717, 1.165) is 10.0 Å².